The van der Waals surface area contributed by atoms with Gasteiger partial charge in [0.25, 0.3) is 0 Å². The van der Waals surface area contributed by atoms with Gasteiger partial charge in [-0.3, -0.25) is 9.32 Å². The van der Waals surface area contributed by atoms with Crippen LogP contribution in [0, 0.1) is 6.92 Å². The Morgan fingerprint density at radius 3 is 2.80 bits per heavy atom. The normalized spacial score (nSPS) is 9.40. The van der Waals surface area contributed by atoms with E-state index >= 15 is 0 Å². The van der Waals surface area contributed by atoms with Crippen LogP contribution < -0.4 is 4.74 Å². The van der Waals surface area contributed by atoms with Crippen molar-refractivity contribution in [2.45, 2.75) is 13.8 Å². The van der Waals surface area contributed by atoms with Crippen molar-refractivity contribution in [1.29, 1.82) is 0 Å². The van der Waals surface area contributed by atoms with Crippen LogP contribution in [0.3, 0.4) is 0 Å². The van der Waals surface area contributed by atoms with E-state index in [0.29, 0.717) is 5.69 Å². The Bertz CT molecular complexity index is 243. The molecule has 5 heteroatoms. The van der Waals surface area contributed by atoms with Gasteiger partial charge in [0.05, 0.1) is 0 Å². The van der Waals surface area contributed by atoms with E-state index in [-0.39, 0.29) is 5.95 Å². The van der Waals surface area contributed by atoms with Gasteiger partial charge in [0.1, 0.15) is 5.69 Å². The lowest BCUT2D eigenvalue weighted by Crippen LogP contribution is -2.01. The third-order valence-corrected chi connectivity index (χ3v) is 0.846. The fraction of sp³-hybridized carbons (Fsp3) is 0.400. The first-order chi connectivity index (χ1) is 4.70. The molecule has 0 atom stereocenters. The van der Waals surface area contributed by atoms with E-state index < -0.39 is 5.97 Å². The fourth-order valence-electron chi connectivity index (χ4n) is 0.449. The lowest BCUT2D eigenvalue weighted by Gasteiger charge is -1.91. The molecule has 0 amide bonds. The summed E-state index contributed by atoms with van der Waals surface area (Å²) in [7, 11) is 0. The summed E-state index contributed by atoms with van der Waals surface area (Å²) in [6, 6.07) is 0. The molecule has 1 aromatic rings. The highest BCUT2D eigenvalue weighted by Crippen LogP contribution is 2.12. The van der Waals surface area contributed by atoms with Gasteiger partial charge in [-0.15, -0.1) is 5.10 Å². The minimum absolute atomic E-state index is 0.0625. The second-order valence-corrected chi connectivity index (χ2v) is 1.74. The van der Waals surface area contributed by atoms with Gasteiger partial charge in [-0.2, -0.15) is 0 Å². The summed E-state index contributed by atoms with van der Waals surface area (Å²) in [6.07, 6.45) is 0. The van der Waals surface area contributed by atoms with Crippen molar-refractivity contribution in [1.82, 2.24) is 10.4 Å². The SMILES string of the molecule is CC(=O)Oc1onnc1C. The number of nitrogens with zero attached hydrogens (tertiary/aromatic N) is 2. The molecule has 1 aromatic heterocycles. The quantitative estimate of drug-likeness (QED) is 0.527. The number of carbonyl (C=O) groups excluding carboxylic acids is 1. The van der Waals surface area contributed by atoms with E-state index in [4.69, 9.17) is 0 Å². The topological polar surface area (TPSA) is 65.2 Å². The third kappa shape index (κ3) is 1.31. The number of hydrogen-bond donors (Lipinski definition) is 0. The van der Waals surface area contributed by atoms with Crippen molar-refractivity contribution in [2.24, 2.45) is 0 Å². The maximum absolute atomic E-state index is 10.3. The van der Waals surface area contributed by atoms with Gasteiger partial charge in [-0.25, -0.2) is 0 Å². The van der Waals surface area contributed by atoms with Gasteiger partial charge in [0.2, 0.25) is 0 Å². The Morgan fingerprint density at radius 2 is 2.40 bits per heavy atom. The zero-order valence-electron chi connectivity index (χ0n) is 5.62. The molecule has 0 radical (unpaired) electrons. The summed E-state index contributed by atoms with van der Waals surface area (Å²) >= 11 is 0. The first-order valence-electron chi connectivity index (χ1n) is 2.67. The van der Waals surface area contributed by atoms with E-state index in [0.717, 1.165) is 0 Å². The molecule has 5 nitrogen and oxygen atoms in total. The molecule has 10 heavy (non-hydrogen) atoms. The average Bonchev–Trinajstić information content (AvgIpc) is 2.15. The van der Waals surface area contributed by atoms with E-state index in [2.05, 4.69) is 19.6 Å². The molecule has 1 heterocycles. The van der Waals surface area contributed by atoms with Gasteiger partial charge in [-0.05, 0) is 6.92 Å². The summed E-state index contributed by atoms with van der Waals surface area (Å²) in [5.74, 6) is -0.380. The summed E-state index contributed by atoms with van der Waals surface area (Å²) in [4.78, 5) is 10.3. The number of hydrogen-bond acceptors (Lipinski definition) is 5. The average molecular weight is 142 g/mol. The Kier molecular flexibility index (Phi) is 1.66. The van der Waals surface area contributed by atoms with E-state index in [1.54, 1.807) is 6.92 Å². The summed E-state index contributed by atoms with van der Waals surface area (Å²) in [6.45, 7) is 2.91. The van der Waals surface area contributed by atoms with E-state index in [1.807, 2.05) is 0 Å². The number of aryl methyl sites for hydroxylation is 1. The number of rotatable bonds is 1. The zero-order chi connectivity index (χ0) is 7.56. The standard InChI is InChI=1S/C5H6N2O3/c1-3-5(9-4(2)8)10-7-6-3/h1-2H3. The summed E-state index contributed by atoms with van der Waals surface area (Å²) in [5.41, 5.74) is 0.468. The highest BCUT2D eigenvalue weighted by Gasteiger charge is 2.07. The van der Waals surface area contributed by atoms with Gasteiger partial charge in [-0.1, -0.05) is 0 Å². The van der Waals surface area contributed by atoms with Crippen molar-refractivity contribution in [3.63, 3.8) is 0 Å². The highest BCUT2D eigenvalue weighted by atomic mass is 16.7. The van der Waals surface area contributed by atoms with Crippen LogP contribution >= 0.6 is 0 Å². The molecule has 0 aromatic carbocycles. The molecular weight excluding hydrogens is 136 g/mol. The molecule has 0 bridgehead atoms. The van der Waals surface area contributed by atoms with Gasteiger partial charge >= 0.3 is 11.9 Å². The number of carbonyl (C=O) groups is 1. The molecule has 0 fully saturated rings. The second-order valence-electron chi connectivity index (χ2n) is 1.74. The molecule has 0 aliphatic rings. The molecule has 0 unspecified atom stereocenters. The van der Waals surface area contributed by atoms with Crippen molar-refractivity contribution >= 4 is 5.97 Å². The Labute approximate surface area is 57.0 Å². The smallest absolute Gasteiger partial charge is 0.342 e. The lowest BCUT2D eigenvalue weighted by atomic mass is 10.5. The van der Waals surface area contributed by atoms with Gasteiger partial charge in [0, 0.05) is 12.2 Å². The Balaban J connectivity index is 2.74. The molecule has 0 saturated heterocycles. The predicted molar refractivity (Wildman–Crippen MR) is 30.3 cm³/mol. The van der Waals surface area contributed by atoms with Crippen LogP contribution in [0.2, 0.25) is 0 Å². The molecule has 0 saturated carbocycles. The molecule has 0 aliphatic heterocycles. The molecule has 0 spiro atoms. The van der Waals surface area contributed by atoms with Crippen LogP contribution in [0.4, 0.5) is 0 Å². The van der Waals surface area contributed by atoms with Gasteiger partial charge in [0.15, 0.2) is 0 Å². The summed E-state index contributed by atoms with van der Waals surface area (Å²) in [5, 5.41) is 6.65. The lowest BCUT2D eigenvalue weighted by molar-refractivity contribution is -0.133. The maximum Gasteiger partial charge on any atom is 0.342 e. The monoisotopic (exact) mass is 142 g/mol. The molecule has 54 valence electrons. The van der Waals surface area contributed by atoms with Crippen LogP contribution in [-0.2, 0) is 4.79 Å². The first-order valence-corrected chi connectivity index (χ1v) is 2.67. The van der Waals surface area contributed by atoms with Crippen molar-refractivity contribution in [3.05, 3.63) is 5.69 Å². The fourth-order valence-corrected chi connectivity index (χ4v) is 0.449. The number of aromatic nitrogens is 2. The largest absolute Gasteiger partial charge is 0.390 e. The van der Waals surface area contributed by atoms with Gasteiger partial charge < -0.3 is 4.74 Å². The molecule has 0 aliphatic carbocycles. The Hall–Kier alpha value is -1.39. The van der Waals surface area contributed by atoms with E-state index in [9.17, 15) is 4.79 Å². The number of esters is 1. The van der Waals surface area contributed by atoms with Crippen LogP contribution in [0.25, 0.3) is 0 Å². The predicted octanol–water partition coefficient (Wildman–Crippen LogP) is 0.303. The third-order valence-electron chi connectivity index (χ3n) is 0.846. The second kappa shape index (κ2) is 2.47. The minimum atomic E-state index is -0.443. The van der Waals surface area contributed by atoms with Crippen LogP contribution in [-0.4, -0.2) is 16.3 Å². The van der Waals surface area contributed by atoms with Crippen LogP contribution in [0.5, 0.6) is 5.95 Å². The first kappa shape index (κ1) is 6.73. The minimum Gasteiger partial charge on any atom is -0.390 e. The van der Waals surface area contributed by atoms with E-state index in [1.165, 1.54) is 6.92 Å². The molecule has 0 N–H and O–H groups in total. The van der Waals surface area contributed by atoms with Crippen LogP contribution in [0.1, 0.15) is 12.6 Å². The molecular formula is C5H6N2O3. The van der Waals surface area contributed by atoms with Crippen LogP contribution in [0.15, 0.2) is 4.52 Å². The van der Waals surface area contributed by atoms with Crippen molar-refractivity contribution in [3.8, 4) is 5.95 Å². The highest BCUT2D eigenvalue weighted by molar-refractivity contribution is 5.68. The summed E-state index contributed by atoms with van der Waals surface area (Å²) < 4.78 is 9.03. The maximum atomic E-state index is 10.3. The number of ether oxygens (including phenoxy) is 1. The van der Waals surface area contributed by atoms with Crippen molar-refractivity contribution < 1.29 is 14.1 Å². The zero-order valence-corrected chi connectivity index (χ0v) is 5.62. The van der Waals surface area contributed by atoms with Crippen molar-refractivity contribution in [2.75, 3.05) is 0 Å². The Morgan fingerprint density at radius 1 is 1.70 bits per heavy atom. The molecule has 1 rings (SSSR count).